The van der Waals surface area contributed by atoms with Gasteiger partial charge in [0.25, 0.3) is 5.91 Å². The van der Waals surface area contributed by atoms with Gasteiger partial charge in [-0.25, -0.2) is 0 Å². The molecule has 1 aliphatic rings. The third-order valence-electron chi connectivity index (χ3n) is 5.36. The number of nitrogens with one attached hydrogen (secondary N) is 1. The second-order valence-electron chi connectivity index (χ2n) is 6.97. The van der Waals surface area contributed by atoms with Gasteiger partial charge in [0.05, 0.1) is 19.8 Å². The molecular weight excluding hydrogens is 354 g/mol. The Bertz CT molecular complexity index is 974. The van der Waals surface area contributed by atoms with E-state index in [1.807, 2.05) is 17.0 Å². The van der Waals surface area contributed by atoms with Crippen LogP contribution in [0.4, 0.5) is 0 Å². The van der Waals surface area contributed by atoms with Gasteiger partial charge in [0.1, 0.15) is 0 Å². The molecule has 1 saturated heterocycles. The number of methoxy groups -OCH3 is 2. The Kier molecular flexibility index (Phi) is 5.21. The topological polar surface area (TPSA) is 57.8 Å². The van der Waals surface area contributed by atoms with Crippen molar-refractivity contribution in [3.63, 3.8) is 0 Å². The van der Waals surface area contributed by atoms with Gasteiger partial charge in [-0.15, -0.1) is 0 Å². The first-order valence-corrected chi connectivity index (χ1v) is 9.49. The van der Waals surface area contributed by atoms with Crippen molar-refractivity contribution in [3.8, 4) is 11.5 Å². The molecule has 1 aliphatic heterocycles. The maximum absolute atomic E-state index is 13.0. The normalized spacial score (nSPS) is 15.0. The second-order valence-corrected chi connectivity index (χ2v) is 6.97. The lowest BCUT2D eigenvalue weighted by Gasteiger charge is -2.35. The zero-order chi connectivity index (χ0) is 19.5. The third-order valence-corrected chi connectivity index (χ3v) is 5.36. The zero-order valence-corrected chi connectivity index (χ0v) is 16.3. The van der Waals surface area contributed by atoms with Crippen molar-refractivity contribution in [1.29, 1.82) is 0 Å². The maximum Gasteiger partial charge on any atom is 0.257 e. The molecule has 1 amide bonds. The largest absolute Gasteiger partial charge is 0.493 e. The van der Waals surface area contributed by atoms with E-state index in [1.54, 1.807) is 26.4 Å². The smallest absolute Gasteiger partial charge is 0.257 e. The van der Waals surface area contributed by atoms with Gasteiger partial charge in [-0.2, -0.15) is 0 Å². The monoisotopic (exact) mass is 379 g/mol. The molecule has 1 fully saturated rings. The van der Waals surface area contributed by atoms with Crippen LogP contribution in [0.25, 0.3) is 10.9 Å². The summed E-state index contributed by atoms with van der Waals surface area (Å²) in [6, 6.07) is 13.8. The maximum atomic E-state index is 13.0. The van der Waals surface area contributed by atoms with Crippen LogP contribution in [0.5, 0.6) is 11.5 Å². The molecule has 4 rings (SSSR count). The van der Waals surface area contributed by atoms with E-state index in [4.69, 9.17) is 9.47 Å². The summed E-state index contributed by atoms with van der Waals surface area (Å²) >= 11 is 0. The van der Waals surface area contributed by atoms with Crippen molar-refractivity contribution < 1.29 is 14.3 Å². The first-order valence-electron chi connectivity index (χ1n) is 9.49. The average molecular weight is 379 g/mol. The molecule has 28 heavy (non-hydrogen) atoms. The van der Waals surface area contributed by atoms with E-state index in [2.05, 4.69) is 34.3 Å². The van der Waals surface area contributed by atoms with Gasteiger partial charge in [-0.1, -0.05) is 24.3 Å². The van der Waals surface area contributed by atoms with Gasteiger partial charge in [0, 0.05) is 49.8 Å². The molecule has 3 aromatic rings. The summed E-state index contributed by atoms with van der Waals surface area (Å²) in [5.41, 5.74) is 3.01. The highest BCUT2D eigenvalue weighted by Crippen LogP contribution is 2.31. The summed E-state index contributed by atoms with van der Waals surface area (Å²) in [5, 5.41) is 1.27. The van der Waals surface area contributed by atoms with E-state index in [0.717, 1.165) is 25.2 Å². The zero-order valence-electron chi connectivity index (χ0n) is 16.3. The number of amides is 1. The molecule has 0 atom stereocenters. The van der Waals surface area contributed by atoms with Gasteiger partial charge < -0.3 is 19.4 Å². The van der Waals surface area contributed by atoms with Crippen LogP contribution in [0, 0.1) is 0 Å². The number of ether oxygens (including phenoxy) is 2. The molecule has 0 spiro atoms. The number of aromatic amines is 1. The van der Waals surface area contributed by atoms with Gasteiger partial charge in [0.15, 0.2) is 11.5 Å². The molecule has 6 heteroatoms. The number of hydrogen-bond donors (Lipinski definition) is 1. The van der Waals surface area contributed by atoms with E-state index < -0.39 is 0 Å². The fourth-order valence-corrected chi connectivity index (χ4v) is 3.84. The highest BCUT2D eigenvalue weighted by atomic mass is 16.5. The Morgan fingerprint density at radius 1 is 1.00 bits per heavy atom. The quantitative estimate of drug-likeness (QED) is 0.740. The fourth-order valence-electron chi connectivity index (χ4n) is 3.84. The molecule has 1 N–H and O–H groups in total. The van der Waals surface area contributed by atoms with Crippen LogP contribution in [0.2, 0.25) is 0 Å². The number of nitrogens with zero attached hydrogens (tertiary/aromatic N) is 2. The van der Waals surface area contributed by atoms with Crippen molar-refractivity contribution in [1.82, 2.24) is 14.8 Å². The molecular formula is C22H25N3O3. The fraction of sp³-hybridized carbons (Fsp3) is 0.318. The molecule has 2 aromatic carbocycles. The van der Waals surface area contributed by atoms with Crippen LogP contribution in [-0.4, -0.2) is 61.1 Å². The standard InChI is InChI=1S/C22H25N3O3/c1-27-20-9-5-7-18(21(20)28-2)22(26)25-12-10-24(11-13-25)15-16-14-23-19-8-4-3-6-17(16)19/h3-9,14,23H,10-13,15H2,1-2H3. The van der Waals surface area contributed by atoms with Crippen LogP contribution in [-0.2, 0) is 6.54 Å². The minimum atomic E-state index is -0.0116. The van der Waals surface area contributed by atoms with E-state index in [9.17, 15) is 4.79 Å². The predicted molar refractivity (Wildman–Crippen MR) is 109 cm³/mol. The molecule has 0 radical (unpaired) electrons. The van der Waals surface area contributed by atoms with Gasteiger partial charge in [-0.05, 0) is 23.8 Å². The summed E-state index contributed by atoms with van der Waals surface area (Å²) in [6.45, 7) is 3.96. The number of carbonyl (C=O) groups is 1. The van der Waals surface area contributed by atoms with E-state index in [1.165, 1.54) is 10.9 Å². The number of para-hydroxylation sites is 2. The molecule has 1 aromatic heterocycles. The van der Waals surface area contributed by atoms with Crippen LogP contribution in [0.1, 0.15) is 15.9 Å². The number of aromatic nitrogens is 1. The summed E-state index contributed by atoms with van der Waals surface area (Å²) in [7, 11) is 3.14. The van der Waals surface area contributed by atoms with Crippen LogP contribution < -0.4 is 9.47 Å². The molecule has 0 aliphatic carbocycles. The van der Waals surface area contributed by atoms with Crippen molar-refractivity contribution in [2.24, 2.45) is 0 Å². The summed E-state index contributed by atoms with van der Waals surface area (Å²) in [6.07, 6.45) is 2.09. The highest BCUT2D eigenvalue weighted by Gasteiger charge is 2.26. The molecule has 6 nitrogen and oxygen atoms in total. The first-order chi connectivity index (χ1) is 13.7. The Hall–Kier alpha value is -2.99. The number of rotatable bonds is 5. The van der Waals surface area contributed by atoms with Crippen molar-refractivity contribution in [3.05, 3.63) is 59.8 Å². The van der Waals surface area contributed by atoms with Crippen molar-refractivity contribution in [2.75, 3.05) is 40.4 Å². The third kappa shape index (κ3) is 3.43. The van der Waals surface area contributed by atoms with Crippen LogP contribution >= 0.6 is 0 Å². The van der Waals surface area contributed by atoms with E-state index >= 15 is 0 Å². The number of piperazine rings is 1. The summed E-state index contributed by atoms with van der Waals surface area (Å²) in [5.74, 6) is 1.06. The number of benzene rings is 2. The lowest BCUT2D eigenvalue weighted by atomic mass is 10.1. The van der Waals surface area contributed by atoms with E-state index in [-0.39, 0.29) is 5.91 Å². The average Bonchev–Trinajstić information content (AvgIpc) is 3.16. The Labute approximate surface area is 164 Å². The van der Waals surface area contributed by atoms with Gasteiger partial charge in [-0.3, -0.25) is 9.69 Å². The lowest BCUT2D eigenvalue weighted by molar-refractivity contribution is 0.0625. The number of carbonyl (C=O) groups excluding carboxylic acids is 1. The molecule has 0 unspecified atom stereocenters. The van der Waals surface area contributed by atoms with Crippen LogP contribution in [0.3, 0.4) is 0 Å². The highest BCUT2D eigenvalue weighted by molar-refractivity contribution is 5.98. The summed E-state index contributed by atoms with van der Waals surface area (Å²) < 4.78 is 10.7. The minimum absolute atomic E-state index is 0.0116. The second kappa shape index (κ2) is 7.94. The van der Waals surface area contributed by atoms with Crippen LogP contribution in [0.15, 0.2) is 48.7 Å². The SMILES string of the molecule is COc1cccc(C(=O)N2CCN(Cc3c[nH]c4ccccc34)CC2)c1OC. The number of H-pyrrole nitrogens is 1. The Morgan fingerprint density at radius 2 is 1.79 bits per heavy atom. The Morgan fingerprint density at radius 3 is 2.54 bits per heavy atom. The van der Waals surface area contributed by atoms with Gasteiger partial charge in [0.2, 0.25) is 0 Å². The summed E-state index contributed by atoms with van der Waals surface area (Å²) in [4.78, 5) is 20.6. The minimum Gasteiger partial charge on any atom is -0.493 e. The van der Waals surface area contributed by atoms with E-state index in [0.29, 0.717) is 30.2 Å². The molecule has 2 heterocycles. The predicted octanol–water partition coefficient (Wildman–Crippen LogP) is 3.14. The molecule has 0 saturated carbocycles. The van der Waals surface area contributed by atoms with Crippen molar-refractivity contribution >= 4 is 16.8 Å². The Balaban J connectivity index is 1.42. The number of hydrogen-bond acceptors (Lipinski definition) is 4. The van der Waals surface area contributed by atoms with Crippen molar-refractivity contribution in [2.45, 2.75) is 6.54 Å². The molecule has 146 valence electrons. The lowest BCUT2D eigenvalue weighted by Crippen LogP contribution is -2.48. The molecule has 0 bridgehead atoms. The number of fused-ring (bicyclic) bond motifs is 1. The van der Waals surface area contributed by atoms with Gasteiger partial charge >= 0.3 is 0 Å². The first kappa shape index (κ1) is 18.4.